The Morgan fingerprint density at radius 2 is 2.06 bits per heavy atom. The molecule has 1 aliphatic carbocycles. The zero-order valence-electron chi connectivity index (χ0n) is 12.5. The second-order valence-corrected chi connectivity index (χ2v) is 7.21. The number of ether oxygens (including phenoxy) is 1. The van der Waals surface area contributed by atoms with Crippen LogP contribution < -0.4 is 5.73 Å². The van der Waals surface area contributed by atoms with Crippen LogP contribution in [0.3, 0.4) is 0 Å². The smallest absolute Gasteiger partial charge is 0.0742 e. The fraction of sp³-hybridized carbons (Fsp3) is 1.00. The molecule has 1 fully saturated rings. The summed E-state index contributed by atoms with van der Waals surface area (Å²) >= 11 is 0. The van der Waals surface area contributed by atoms with E-state index in [1.807, 2.05) is 0 Å². The molecule has 0 spiro atoms. The van der Waals surface area contributed by atoms with Gasteiger partial charge in [-0.1, -0.05) is 20.8 Å². The predicted octanol–water partition coefficient (Wildman–Crippen LogP) is 2.71. The molecule has 3 atom stereocenters. The van der Waals surface area contributed by atoms with Gasteiger partial charge in [-0.05, 0) is 50.4 Å². The first-order valence-corrected chi connectivity index (χ1v) is 7.28. The number of nitrogens with two attached hydrogens (primary N) is 1. The minimum atomic E-state index is -0.734. The van der Waals surface area contributed by atoms with Crippen LogP contribution in [-0.4, -0.2) is 30.0 Å². The van der Waals surface area contributed by atoms with E-state index in [4.69, 9.17) is 10.5 Å². The van der Waals surface area contributed by atoms with Crippen molar-refractivity contribution in [3.63, 3.8) is 0 Å². The lowest BCUT2D eigenvalue weighted by atomic mass is 9.71. The maximum Gasteiger partial charge on any atom is 0.0742 e. The summed E-state index contributed by atoms with van der Waals surface area (Å²) in [6.45, 7) is 9.83. The molecule has 0 aromatic heterocycles. The molecular formula is C15H31NO2. The Morgan fingerprint density at radius 1 is 1.39 bits per heavy atom. The number of hydrogen-bond acceptors (Lipinski definition) is 3. The summed E-state index contributed by atoms with van der Waals surface area (Å²) in [5.41, 5.74) is 5.17. The van der Waals surface area contributed by atoms with E-state index in [2.05, 4.69) is 20.8 Å². The Morgan fingerprint density at radius 3 is 2.61 bits per heavy atom. The Labute approximate surface area is 112 Å². The Hall–Kier alpha value is -0.120. The molecule has 3 unspecified atom stereocenters. The highest BCUT2D eigenvalue weighted by Gasteiger charge is 2.32. The topological polar surface area (TPSA) is 55.5 Å². The average Bonchev–Trinajstić information content (AvgIpc) is 2.22. The van der Waals surface area contributed by atoms with Gasteiger partial charge in [0.15, 0.2) is 0 Å². The van der Waals surface area contributed by atoms with Crippen LogP contribution in [0.25, 0.3) is 0 Å². The maximum absolute atomic E-state index is 9.80. The van der Waals surface area contributed by atoms with Crippen molar-refractivity contribution in [3.05, 3.63) is 0 Å². The van der Waals surface area contributed by atoms with E-state index in [1.165, 1.54) is 12.8 Å². The molecule has 0 radical (unpaired) electrons. The molecule has 0 aliphatic heterocycles. The summed E-state index contributed by atoms with van der Waals surface area (Å²) in [4.78, 5) is 0. The van der Waals surface area contributed by atoms with Crippen molar-refractivity contribution in [1.29, 1.82) is 0 Å². The normalized spacial score (nSPS) is 31.0. The lowest BCUT2D eigenvalue weighted by Crippen LogP contribution is -2.35. The van der Waals surface area contributed by atoms with Crippen molar-refractivity contribution in [2.24, 2.45) is 17.1 Å². The Kier molecular flexibility index (Phi) is 5.63. The highest BCUT2D eigenvalue weighted by Crippen LogP contribution is 2.39. The third-order valence-corrected chi connectivity index (χ3v) is 4.00. The van der Waals surface area contributed by atoms with Gasteiger partial charge in [-0.25, -0.2) is 0 Å². The maximum atomic E-state index is 9.80. The molecule has 3 N–H and O–H groups in total. The van der Waals surface area contributed by atoms with Gasteiger partial charge in [0, 0.05) is 13.2 Å². The molecule has 1 saturated carbocycles. The zero-order chi connectivity index (χ0) is 13.8. The Bertz CT molecular complexity index is 251. The highest BCUT2D eigenvalue weighted by atomic mass is 16.5. The second kappa shape index (κ2) is 6.36. The summed E-state index contributed by atoms with van der Waals surface area (Å²) in [6.07, 6.45) is 5.63. The van der Waals surface area contributed by atoms with Gasteiger partial charge in [0.2, 0.25) is 0 Å². The number of aliphatic hydroxyl groups is 1. The predicted molar refractivity (Wildman–Crippen MR) is 75.4 cm³/mol. The summed E-state index contributed by atoms with van der Waals surface area (Å²) in [5.74, 6) is 0.755. The van der Waals surface area contributed by atoms with Gasteiger partial charge in [-0.15, -0.1) is 0 Å². The zero-order valence-corrected chi connectivity index (χ0v) is 12.5. The molecule has 0 aromatic carbocycles. The van der Waals surface area contributed by atoms with Gasteiger partial charge in [-0.3, -0.25) is 0 Å². The fourth-order valence-corrected chi connectivity index (χ4v) is 3.19. The molecular weight excluding hydrogens is 226 g/mol. The van der Waals surface area contributed by atoms with Crippen LogP contribution in [0.5, 0.6) is 0 Å². The highest BCUT2D eigenvalue weighted by molar-refractivity contribution is 4.83. The van der Waals surface area contributed by atoms with Gasteiger partial charge in [-0.2, -0.15) is 0 Å². The molecule has 3 heteroatoms. The first-order chi connectivity index (χ1) is 8.24. The minimum absolute atomic E-state index is 0.320. The molecule has 0 bridgehead atoms. The van der Waals surface area contributed by atoms with Crippen LogP contribution >= 0.6 is 0 Å². The third-order valence-electron chi connectivity index (χ3n) is 4.00. The van der Waals surface area contributed by atoms with Crippen LogP contribution in [0.1, 0.15) is 59.8 Å². The Balaban J connectivity index is 2.23. The van der Waals surface area contributed by atoms with Crippen molar-refractivity contribution >= 4 is 0 Å². The lowest BCUT2D eigenvalue weighted by Gasteiger charge is -2.38. The first-order valence-electron chi connectivity index (χ1n) is 7.28. The van der Waals surface area contributed by atoms with E-state index in [-0.39, 0.29) is 0 Å². The van der Waals surface area contributed by atoms with E-state index < -0.39 is 5.60 Å². The standard InChI is InChI=1S/C15H31NO2/c1-12-8-13(10-14(2,3)9-12)18-7-5-6-15(4,17)11-16/h12-13,17H,5-11,16H2,1-4H3. The first kappa shape index (κ1) is 15.9. The van der Waals surface area contributed by atoms with Gasteiger partial charge >= 0.3 is 0 Å². The van der Waals surface area contributed by atoms with Crippen LogP contribution in [0, 0.1) is 11.3 Å². The number of rotatable bonds is 6. The molecule has 108 valence electrons. The molecule has 0 heterocycles. The van der Waals surface area contributed by atoms with Gasteiger partial charge in [0.05, 0.1) is 11.7 Å². The third kappa shape index (κ3) is 5.68. The van der Waals surface area contributed by atoms with Gasteiger partial charge in [0.1, 0.15) is 0 Å². The largest absolute Gasteiger partial charge is 0.389 e. The average molecular weight is 257 g/mol. The van der Waals surface area contributed by atoms with Gasteiger partial charge in [0.25, 0.3) is 0 Å². The van der Waals surface area contributed by atoms with Crippen molar-refractivity contribution in [3.8, 4) is 0 Å². The van der Waals surface area contributed by atoms with Crippen LogP contribution in [-0.2, 0) is 4.74 Å². The minimum Gasteiger partial charge on any atom is -0.389 e. The quantitative estimate of drug-likeness (QED) is 0.719. The van der Waals surface area contributed by atoms with Crippen molar-refractivity contribution in [1.82, 2.24) is 0 Å². The van der Waals surface area contributed by atoms with E-state index >= 15 is 0 Å². The fourth-order valence-electron chi connectivity index (χ4n) is 3.19. The van der Waals surface area contributed by atoms with E-state index in [0.29, 0.717) is 18.1 Å². The van der Waals surface area contributed by atoms with Crippen molar-refractivity contribution in [2.75, 3.05) is 13.2 Å². The summed E-state index contributed by atoms with van der Waals surface area (Å²) < 4.78 is 5.98. The van der Waals surface area contributed by atoms with Crippen LogP contribution in [0.4, 0.5) is 0 Å². The summed E-state index contributed by atoms with van der Waals surface area (Å²) in [5, 5.41) is 9.80. The monoisotopic (exact) mass is 257 g/mol. The summed E-state index contributed by atoms with van der Waals surface area (Å²) in [7, 11) is 0. The molecule has 18 heavy (non-hydrogen) atoms. The van der Waals surface area contributed by atoms with E-state index in [9.17, 15) is 5.11 Å². The van der Waals surface area contributed by atoms with E-state index in [0.717, 1.165) is 31.8 Å². The molecule has 1 aliphatic rings. The molecule has 0 amide bonds. The summed E-state index contributed by atoms with van der Waals surface area (Å²) in [6, 6.07) is 0. The molecule has 1 rings (SSSR count). The number of hydrogen-bond donors (Lipinski definition) is 2. The lowest BCUT2D eigenvalue weighted by molar-refractivity contribution is -0.0310. The molecule has 0 aromatic rings. The van der Waals surface area contributed by atoms with Crippen molar-refractivity contribution in [2.45, 2.75) is 71.5 Å². The molecule has 0 saturated heterocycles. The van der Waals surface area contributed by atoms with Crippen LogP contribution in [0.2, 0.25) is 0 Å². The van der Waals surface area contributed by atoms with Gasteiger partial charge < -0.3 is 15.6 Å². The molecule has 3 nitrogen and oxygen atoms in total. The van der Waals surface area contributed by atoms with Crippen LogP contribution in [0.15, 0.2) is 0 Å². The SMILES string of the molecule is CC1CC(OCCCC(C)(O)CN)CC(C)(C)C1. The second-order valence-electron chi connectivity index (χ2n) is 7.21. The van der Waals surface area contributed by atoms with Crippen molar-refractivity contribution < 1.29 is 9.84 Å². The van der Waals surface area contributed by atoms with E-state index in [1.54, 1.807) is 6.92 Å².